The largest absolute Gasteiger partial charge is 0.330 e. The first-order valence-electron chi connectivity index (χ1n) is 7.11. The molecule has 5 heteroatoms. The Morgan fingerprint density at radius 1 is 1.18 bits per heavy atom. The van der Waals surface area contributed by atoms with Crippen LogP contribution in [0.2, 0.25) is 0 Å². The van der Waals surface area contributed by atoms with Crippen molar-refractivity contribution in [3.8, 4) is 11.8 Å². The predicted octanol–water partition coefficient (Wildman–Crippen LogP) is 2.93. The molecule has 2 aromatic carbocycles. The van der Waals surface area contributed by atoms with Crippen molar-refractivity contribution in [2.24, 2.45) is 5.73 Å². The Morgan fingerprint density at radius 3 is 2.64 bits per heavy atom. The van der Waals surface area contributed by atoms with E-state index in [4.69, 9.17) is 5.73 Å². The minimum Gasteiger partial charge on any atom is -0.330 e. The number of fused-ring (bicyclic) bond motifs is 1. The fourth-order valence-corrected chi connectivity index (χ4v) is 2.58. The first-order chi connectivity index (χ1) is 10.8. The van der Waals surface area contributed by atoms with E-state index in [1.807, 2.05) is 41.0 Å². The number of hydrogen-bond acceptors (Lipinski definition) is 3. The summed E-state index contributed by atoms with van der Waals surface area (Å²) in [7, 11) is 0. The Kier molecular flexibility index (Phi) is 3.86. The van der Waals surface area contributed by atoms with E-state index in [0.29, 0.717) is 24.0 Å². The van der Waals surface area contributed by atoms with Crippen molar-refractivity contribution < 1.29 is 4.39 Å². The quantitative estimate of drug-likeness (QED) is 0.804. The molecule has 0 aliphatic carbocycles. The summed E-state index contributed by atoms with van der Waals surface area (Å²) in [6, 6.07) is 14.4. The fraction of sp³-hybridized carbons (Fsp3) is 0.176. The number of nitriles is 1. The van der Waals surface area contributed by atoms with Crippen LogP contribution < -0.4 is 5.73 Å². The van der Waals surface area contributed by atoms with Gasteiger partial charge < -0.3 is 5.73 Å². The second kappa shape index (κ2) is 5.96. The van der Waals surface area contributed by atoms with Gasteiger partial charge >= 0.3 is 0 Å². The van der Waals surface area contributed by atoms with Gasteiger partial charge in [0.15, 0.2) is 0 Å². The number of aromatic nitrogens is 2. The van der Waals surface area contributed by atoms with Crippen molar-refractivity contribution in [2.45, 2.75) is 12.8 Å². The summed E-state index contributed by atoms with van der Waals surface area (Å²) >= 11 is 0. The van der Waals surface area contributed by atoms with Crippen LogP contribution in [-0.4, -0.2) is 16.1 Å². The van der Waals surface area contributed by atoms with Crippen molar-refractivity contribution >= 4 is 11.0 Å². The molecule has 110 valence electrons. The Bertz CT molecular complexity index is 846. The molecule has 3 aromatic rings. The molecular weight excluding hydrogens is 279 g/mol. The van der Waals surface area contributed by atoms with Crippen molar-refractivity contribution in [1.29, 1.82) is 5.26 Å². The monoisotopic (exact) mass is 294 g/mol. The molecule has 0 unspecified atom stereocenters. The SMILES string of the molecule is N#Cc1c(F)ccc2nc(CCCN)n(-c3ccccc3)c12. The number of para-hydroxylation sites is 1. The number of aryl methyl sites for hydroxylation is 1. The lowest BCUT2D eigenvalue weighted by molar-refractivity contribution is 0.625. The minimum absolute atomic E-state index is 0.0212. The standard InChI is InChI=1S/C17H15FN4/c18-14-8-9-15-17(13(14)11-20)22(12-5-2-1-3-6-12)16(21-15)7-4-10-19/h1-3,5-6,8-9H,4,7,10,19H2. The van der Waals surface area contributed by atoms with Gasteiger partial charge in [-0.25, -0.2) is 9.37 Å². The van der Waals surface area contributed by atoms with Crippen LogP contribution in [0.5, 0.6) is 0 Å². The molecule has 0 fully saturated rings. The fourth-order valence-electron chi connectivity index (χ4n) is 2.58. The lowest BCUT2D eigenvalue weighted by Gasteiger charge is -2.10. The first-order valence-corrected chi connectivity index (χ1v) is 7.11. The maximum atomic E-state index is 14.0. The van der Waals surface area contributed by atoms with Crippen molar-refractivity contribution in [3.05, 3.63) is 59.7 Å². The number of hydrogen-bond donors (Lipinski definition) is 1. The van der Waals surface area contributed by atoms with Crippen LogP contribution in [0.25, 0.3) is 16.7 Å². The highest BCUT2D eigenvalue weighted by atomic mass is 19.1. The average molecular weight is 294 g/mol. The second-order valence-corrected chi connectivity index (χ2v) is 4.99. The summed E-state index contributed by atoms with van der Waals surface area (Å²) in [6.45, 7) is 0.553. The lowest BCUT2D eigenvalue weighted by atomic mass is 10.1. The second-order valence-electron chi connectivity index (χ2n) is 4.99. The Morgan fingerprint density at radius 2 is 1.95 bits per heavy atom. The summed E-state index contributed by atoms with van der Waals surface area (Å²) in [4.78, 5) is 4.57. The average Bonchev–Trinajstić information content (AvgIpc) is 2.92. The van der Waals surface area contributed by atoms with Gasteiger partial charge in [-0.1, -0.05) is 18.2 Å². The topological polar surface area (TPSA) is 67.6 Å². The van der Waals surface area contributed by atoms with Gasteiger partial charge in [0, 0.05) is 12.1 Å². The third kappa shape index (κ3) is 2.34. The molecule has 3 rings (SSSR count). The van der Waals surface area contributed by atoms with Gasteiger partial charge in [-0.2, -0.15) is 5.26 Å². The van der Waals surface area contributed by atoms with E-state index in [-0.39, 0.29) is 5.56 Å². The molecule has 0 saturated carbocycles. The van der Waals surface area contributed by atoms with E-state index in [1.54, 1.807) is 6.07 Å². The molecule has 0 radical (unpaired) electrons. The van der Waals surface area contributed by atoms with Crippen LogP contribution in [0.1, 0.15) is 17.8 Å². The van der Waals surface area contributed by atoms with Crippen molar-refractivity contribution in [1.82, 2.24) is 9.55 Å². The summed E-state index contributed by atoms with van der Waals surface area (Å²) in [6.07, 6.45) is 1.45. The Balaban J connectivity index is 2.34. The first kappa shape index (κ1) is 14.2. The van der Waals surface area contributed by atoms with Crippen LogP contribution in [0, 0.1) is 17.1 Å². The molecule has 0 saturated heterocycles. The normalized spacial score (nSPS) is 10.8. The summed E-state index contributed by atoms with van der Waals surface area (Å²) in [5.41, 5.74) is 7.61. The summed E-state index contributed by atoms with van der Waals surface area (Å²) in [5, 5.41) is 9.32. The Labute approximate surface area is 127 Å². The van der Waals surface area contributed by atoms with Gasteiger partial charge in [0.1, 0.15) is 23.3 Å². The number of rotatable bonds is 4. The summed E-state index contributed by atoms with van der Waals surface area (Å²) < 4.78 is 15.8. The van der Waals surface area contributed by atoms with E-state index in [1.165, 1.54) is 6.07 Å². The van der Waals surface area contributed by atoms with Crippen LogP contribution in [-0.2, 0) is 6.42 Å². The zero-order valence-electron chi connectivity index (χ0n) is 12.0. The van der Waals surface area contributed by atoms with Gasteiger partial charge in [-0.05, 0) is 37.2 Å². The van der Waals surface area contributed by atoms with Gasteiger partial charge in [-0.15, -0.1) is 0 Å². The molecule has 2 N–H and O–H groups in total. The molecule has 4 nitrogen and oxygen atoms in total. The van der Waals surface area contributed by atoms with E-state index in [9.17, 15) is 9.65 Å². The molecule has 0 atom stereocenters. The maximum absolute atomic E-state index is 14.0. The molecular formula is C17H15FN4. The third-order valence-electron chi connectivity index (χ3n) is 3.57. The summed E-state index contributed by atoms with van der Waals surface area (Å²) in [5.74, 6) is 0.256. The number of nitrogens with two attached hydrogens (primary N) is 1. The minimum atomic E-state index is -0.530. The smallest absolute Gasteiger partial charge is 0.143 e. The van der Waals surface area contributed by atoms with Crippen molar-refractivity contribution in [2.75, 3.05) is 6.54 Å². The van der Waals surface area contributed by atoms with Gasteiger partial charge in [-0.3, -0.25) is 4.57 Å². The molecule has 0 aliphatic rings. The number of benzene rings is 2. The molecule has 22 heavy (non-hydrogen) atoms. The highest BCUT2D eigenvalue weighted by molar-refractivity contribution is 5.84. The molecule has 1 heterocycles. The zero-order valence-corrected chi connectivity index (χ0v) is 12.0. The highest BCUT2D eigenvalue weighted by Crippen LogP contribution is 2.26. The third-order valence-corrected chi connectivity index (χ3v) is 3.57. The van der Waals surface area contributed by atoms with Crippen LogP contribution in [0.3, 0.4) is 0 Å². The van der Waals surface area contributed by atoms with Gasteiger partial charge in [0.05, 0.1) is 11.0 Å². The van der Waals surface area contributed by atoms with E-state index >= 15 is 0 Å². The molecule has 0 aliphatic heterocycles. The van der Waals surface area contributed by atoms with Crippen LogP contribution in [0.4, 0.5) is 4.39 Å². The lowest BCUT2D eigenvalue weighted by Crippen LogP contribution is -2.06. The number of halogens is 1. The van der Waals surface area contributed by atoms with Gasteiger partial charge in [0.2, 0.25) is 0 Å². The molecule has 0 amide bonds. The van der Waals surface area contributed by atoms with Gasteiger partial charge in [0.25, 0.3) is 0 Å². The Hall–Kier alpha value is -2.71. The predicted molar refractivity (Wildman–Crippen MR) is 83.1 cm³/mol. The molecule has 1 aromatic heterocycles. The highest BCUT2D eigenvalue weighted by Gasteiger charge is 2.18. The van der Waals surface area contributed by atoms with Crippen molar-refractivity contribution in [3.63, 3.8) is 0 Å². The van der Waals surface area contributed by atoms with E-state index in [2.05, 4.69) is 4.98 Å². The maximum Gasteiger partial charge on any atom is 0.143 e. The zero-order chi connectivity index (χ0) is 15.5. The number of nitrogens with zero attached hydrogens (tertiary/aromatic N) is 3. The van der Waals surface area contributed by atoms with E-state index < -0.39 is 5.82 Å². The molecule has 0 bridgehead atoms. The van der Waals surface area contributed by atoms with Crippen LogP contribution in [0.15, 0.2) is 42.5 Å². The number of imidazole rings is 1. The van der Waals surface area contributed by atoms with E-state index in [0.717, 1.165) is 17.9 Å². The van der Waals surface area contributed by atoms with Crippen LogP contribution >= 0.6 is 0 Å². The molecule has 0 spiro atoms.